The molecule has 3 aromatic rings. The molecule has 1 aromatic heterocycles. The largest absolute Gasteiger partial charge is 0.379 e. The zero-order chi connectivity index (χ0) is 21.2. The first-order chi connectivity index (χ1) is 13.7. The maximum atomic E-state index is 11.4. The molecule has 0 unspecified atom stereocenters. The lowest BCUT2D eigenvalue weighted by Gasteiger charge is -2.11. The van der Waals surface area contributed by atoms with Crippen molar-refractivity contribution in [1.82, 2.24) is 4.57 Å². The number of hydrogen-bond donors (Lipinski definition) is 2. The molecular formula is C20H22N4O4S. The maximum Gasteiger partial charge on any atom is 0.293 e. The Labute approximate surface area is 169 Å². The molecule has 0 atom stereocenters. The molecule has 9 heteroatoms. The maximum absolute atomic E-state index is 11.4. The molecule has 0 bridgehead atoms. The second-order valence-electron chi connectivity index (χ2n) is 6.73. The number of rotatable bonds is 7. The van der Waals surface area contributed by atoms with Crippen molar-refractivity contribution in [3.63, 3.8) is 0 Å². The number of primary sulfonamides is 1. The number of anilines is 1. The molecule has 0 aliphatic carbocycles. The minimum Gasteiger partial charge on any atom is -0.379 e. The van der Waals surface area contributed by atoms with Gasteiger partial charge in [-0.3, -0.25) is 10.1 Å². The van der Waals surface area contributed by atoms with Crippen LogP contribution in [-0.4, -0.2) is 24.5 Å². The number of para-hydroxylation sites is 1. The van der Waals surface area contributed by atoms with Gasteiger partial charge in [0.25, 0.3) is 5.69 Å². The zero-order valence-corrected chi connectivity index (χ0v) is 16.9. The summed E-state index contributed by atoms with van der Waals surface area (Å²) in [6.45, 7) is 4.53. The van der Waals surface area contributed by atoms with Crippen molar-refractivity contribution in [3.05, 3.63) is 81.7 Å². The van der Waals surface area contributed by atoms with E-state index in [1.165, 1.54) is 12.1 Å². The van der Waals surface area contributed by atoms with Crippen molar-refractivity contribution in [1.29, 1.82) is 0 Å². The van der Waals surface area contributed by atoms with Crippen molar-refractivity contribution in [3.8, 4) is 5.69 Å². The van der Waals surface area contributed by atoms with E-state index in [1.54, 1.807) is 0 Å². The van der Waals surface area contributed by atoms with E-state index in [1.807, 2.05) is 44.2 Å². The second kappa shape index (κ2) is 8.06. The number of hydrogen-bond acceptors (Lipinski definition) is 5. The molecule has 0 fully saturated rings. The first kappa shape index (κ1) is 20.6. The number of nitrogens with zero attached hydrogens (tertiary/aromatic N) is 2. The van der Waals surface area contributed by atoms with E-state index in [-0.39, 0.29) is 16.3 Å². The van der Waals surface area contributed by atoms with Crippen LogP contribution >= 0.6 is 0 Å². The van der Waals surface area contributed by atoms with Crippen LogP contribution in [-0.2, 0) is 16.4 Å². The van der Waals surface area contributed by atoms with Gasteiger partial charge in [-0.05, 0) is 56.2 Å². The summed E-state index contributed by atoms with van der Waals surface area (Å²) >= 11 is 0. The van der Waals surface area contributed by atoms with Gasteiger partial charge in [0, 0.05) is 29.7 Å². The minimum absolute atomic E-state index is 0.249. The fraction of sp³-hybridized carbons (Fsp3) is 0.200. The molecule has 0 amide bonds. The topological polar surface area (TPSA) is 120 Å². The van der Waals surface area contributed by atoms with Gasteiger partial charge in [-0.15, -0.1) is 0 Å². The van der Waals surface area contributed by atoms with E-state index in [4.69, 9.17) is 5.14 Å². The molecule has 0 saturated carbocycles. The second-order valence-corrected chi connectivity index (χ2v) is 8.29. The number of nitrogens with two attached hydrogens (primary N) is 1. The molecule has 3 rings (SSSR count). The molecule has 3 N–H and O–H groups in total. The summed E-state index contributed by atoms with van der Waals surface area (Å²) in [5.74, 6) is 0. The van der Waals surface area contributed by atoms with Gasteiger partial charge in [-0.2, -0.15) is 0 Å². The van der Waals surface area contributed by atoms with Crippen molar-refractivity contribution in [2.24, 2.45) is 5.14 Å². The molecule has 0 spiro atoms. The Balaban J connectivity index is 1.78. The van der Waals surface area contributed by atoms with Crippen LogP contribution in [0.2, 0.25) is 0 Å². The zero-order valence-electron chi connectivity index (χ0n) is 16.1. The van der Waals surface area contributed by atoms with Gasteiger partial charge in [0.2, 0.25) is 10.0 Å². The molecule has 2 aromatic carbocycles. The van der Waals surface area contributed by atoms with Crippen molar-refractivity contribution in [2.75, 3.05) is 11.9 Å². The molecule has 0 radical (unpaired) electrons. The van der Waals surface area contributed by atoms with Gasteiger partial charge in [0.1, 0.15) is 5.69 Å². The lowest BCUT2D eigenvalue weighted by atomic mass is 10.1. The van der Waals surface area contributed by atoms with Gasteiger partial charge < -0.3 is 9.88 Å². The molecule has 8 nitrogen and oxygen atoms in total. The number of benzene rings is 2. The van der Waals surface area contributed by atoms with Crippen molar-refractivity contribution >= 4 is 21.4 Å². The van der Waals surface area contributed by atoms with E-state index in [0.29, 0.717) is 13.0 Å². The molecular weight excluding hydrogens is 392 g/mol. The van der Waals surface area contributed by atoms with Crippen LogP contribution in [0.5, 0.6) is 0 Å². The Bertz CT molecular complexity index is 1150. The number of nitro benzene ring substituents is 1. The molecule has 0 aliphatic heterocycles. The number of nitrogens with one attached hydrogen (secondary N) is 1. The van der Waals surface area contributed by atoms with Gasteiger partial charge in [-0.1, -0.05) is 18.2 Å². The quantitative estimate of drug-likeness (QED) is 0.454. The average molecular weight is 414 g/mol. The highest BCUT2D eigenvalue weighted by Crippen LogP contribution is 2.27. The summed E-state index contributed by atoms with van der Waals surface area (Å²) < 4.78 is 25.0. The van der Waals surface area contributed by atoms with Crippen LogP contribution in [0.25, 0.3) is 5.69 Å². The number of sulfonamides is 1. The van der Waals surface area contributed by atoms with Crippen LogP contribution in [0.15, 0.2) is 59.5 Å². The van der Waals surface area contributed by atoms with Gasteiger partial charge in [-0.25, -0.2) is 13.6 Å². The SMILES string of the molecule is Cc1cc(CCNc2ccc(S(N)(=O)=O)cc2[N+](=O)[O-])c(C)n1-c1ccccc1. The Morgan fingerprint density at radius 1 is 1.10 bits per heavy atom. The highest BCUT2D eigenvalue weighted by Gasteiger charge is 2.19. The summed E-state index contributed by atoms with van der Waals surface area (Å²) in [5, 5.41) is 19.4. The standard InChI is InChI=1S/C20H22N4O4S/c1-14-12-16(15(2)23(14)17-6-4-3-5-7-17)10-11-22-19-9-8-18(29(21,27)28)13-20(19)24(25)26/h3-9,12-13,22H,10-11H2,1-2H3,(H2,21,27,28). The van der Waals surface area contributed by atoms with Crippen LogP contribution in [0, 0.1) is 24.0 Å². The summed E-state index contributed by atoms with van der Waals surface area (Å²) in [4.78, 5) is 10.4. The third-order valence-electron chi connectivity index (χ3n) is 4.75. The predicted molar refractivity (Wildman–Crippen MR) is 112 cm³/mol. The van der Waals surface area contributed by atoms with Crippen LogP contribution < -0.4 is 10.5 Å². The summed E-state index contributed by atoms with van der Waals surface area (Å²) in [5.41, 5.74) is 4.34. The van der Waals surface area contributed by atoms with E-state index < -0.39 is 14.9 Å². The summed E-state index contributed by atoms with van der Waals surface area (Å²) in [6.07, 6.45) is 0.653. The number of aryl methyl sites for hydroxylation is 1. The van der Waals surface area contributed by atoms with Crippen molar-refractivity contribution in [2.45, 2.75) is 25.2 Å². The van der Waals surface area contributed by atoms with Crippen molar-refractivity contribution < 1.29 is 13.3 Å². The Hall–Kier alpha value is -3.17. The highest BCUT2D eigenvalue weighted by atomic mass is 32.2. The molecule has 0 saturated heterocycles. The van der Waals surface area contributed by atoms with E-state index in [0.717, 1.165) is 28.7 Å². The Morgan fingerprint density at radius 3 is 2.41 bits per heavy atom. The minimum atomic E-state index is -4.01. The van der Waals surface area contributed by atoms with E-state index in [9.17, 15) is 18.5 Å². The molecule has 29 heavy (non-hydrogen) atoms. The Morgan fingerprint density at radius 2 is 1.79 bits per heavy atom. The third kappa shape index (κ3) is 4.47. The normalized spacial score (nSPS) is 11.4. The number of nitro groups is 1. The molecule has 0 aliphatic rings. The highest BCUT2D eigenvalue weighted by molar-refractivity contribution is 7.89. The van der Waals surface area contributed by atoms with Gasteiger partial charge in [0.05, 0.1) is 9.82 Å². The van der Waals surface area contributed by atoms with Gasteiger partial charge >= 0.3 is 0 Å². The molecule has 152 valence electrons. The van der Waals surface area contributed by atoms with Crippen LogP contribution in [0.4, 0.5) is 11.4 Å². The fourth-order valence-electron chi connectivity index (χ4n) is 3.38. The first-order valence-electron chi connectivity index (χ1n) is 8.97. The summed E-state index contributed by atoms with van der Waals surface area (Å²) in [6, 6.07) is 15.7. The molecule has 1 heterocycles. The van der Waals surface area contributed by atoms with Gasteiger partial charge in [0.15, 0.2) is 0 Å². The fourth-order valence-corrected chi connectivity index (χ4v) is 3.91. The first-order valence-corrected chi connectivity index (χ1v) is 10.5. The monoisotopic (exact) mass is 414 g/mol. The average Bonchev–Trinajstić information content (AvgIpc) is 2.95. The van der Waals surface area contributed by atoms with Crippen LogP contribution in [0.1, 0.15) is 17.0 Å². The predicted octanol–water partition coefficient (Wildman–Crippen LogP) is 3.30. The van der Waals surface area contributed by atoms with E-state index in [2.05, 4.69) is 16.0 Å². The number of aromatic nitrogens is 1. The van der Waals surface area contributed by atoms with E-state index >= 15 is 0 Å². The summed E-state index contributed by atoms with van der Waals surface area (Å²) in [7, 11) is -4.01. The lowest BCUT2D eigenvalue weighted by Crippen LogP contribution is -2.13. The van der Waals surface area contributed by atoms with Crippen LogP contribution in [0.3, 0.4) is 0 Å². The Kier molecular flexibility index (Phi) is 5.71. The lowest BCUT2D eigenvalue weighted by molar-refractivity contribution is -0.384. The smallest absolute Gasteiger partial charge is 0.293 e. The third-order valence-corrected chi connectivity index (χ3v) is 5.67.